The largest absolute Gasteiger partial charge is 0.320 e. The van der Waals surface area contributed by atoms with Gasteiger partial charge in [-0.15, -0.1) is 0 Å². The van der Waals surface area contributed by atoms with Gasteiger partial charge < -0.3 is 10.6 Å². The Balaban J connectivity index is 2.30. The highest BCUT2D eigenvalue weighted by Crippen LogP contribution is 2.33. The molecule has 0 amide bonds. The van der Waals surface area contributed by atoms with Gasteiger partial charge in [0.1, 0.15) is 5.82 Å². The molecule has 0 spiro atoms. The third-order valence-electron chi connectivity index (χ3n) is 4.92. The third-order valence-corrected chi connectivity index (χ3v) is 4.92. The van der Waals surface area contributed by atoms with Crippen molar-refractivity contribution in [1.29, 1.82) is 0 Å². The van der Waals surface area contributed by atoms with Crippen LogP contribution in [0.5, 0.6) is 0 Å². The zero-order valence-corrected chi connectivity index (χ0v) is 13.5. The van der Waals surface area contributed by atoms with Gasteiger partial charge in [-0.25, -0.2) is 4.39 Å². The fourth-order valence-corrected chi connectivity index (χ4v) is 3.53. The molecule has 0 bridgehead atoms. The Hall–Kier alpha value is -0.970. The second-order valence-corrected chi connectivity index (χ2v) is 6.14. The van der Waals surface area contributed by atoms with Gasteiger partial charge in [-0.05, 0) is 26.0 Å². The zero-order valence-electron chi connectivity index (χ0n) is 13.5. The lowest BCUT2D eigenvalue weighted by atomic mass is 9.78. The summed E-state index contributed by atoms with van der Waals surface area (Å²) >= 11 is 0. The van der Waals surface area contributed by atoms with Gasteiger partial charge >= 0.3 is 0 Å². The molecule has 0 aliphatic carbocycles. The quantitative estimate of drug-likeness (QED) is 0.905. The number of rotatable bonds is 5. The Kier molecular flexibility index (Phi) is 5.36. The van der Waals surface area contributed by atoms with Crippen LogP contribution in [-0.2, 0) is 5.54 Å². The summed E-state index contributed by atoms with van der Waals surface area (Å²) in [5.41, 5.74) is 6.77. The molecule has 1 fully saturated rings. The molecule has 1 aliphatic rings. The maximum atomic E-state index is 14.3. The molecule has 1 aliphatic heterocycles. The summed E-state index contributed by atoms with van der Waals surface area (Å²) in [5, 5.41) is 0. The van der Waals surface area contributed by atoms with E-state index in [1.165, 1.54) is 6.07 Å². The summed E-state index contributed by atoms with van der Waals surface area (Å²) < 4.78 is 14.3. The van der Waals surface area contributed by atoms with E-state index in [2.05, 4.69) is 30.7 Å². The second kappa shape index (κ2) is 6.86. The number of likely N-dealkylation sites (N-methyl/N-ethyl adjacent to an activating group) is 1. The van der Waals surface area contributed by atoms with Gasteiger partial charge in [0.15, 0.2) is 0 Å². The van der Waals surface area contributed by atoms with Crippen molar-refractivity contribution in [3.05, 3.63) is 35.6 Å². The summed E-state index contributed by atoms with van der Waals surface area (Å²) in [6.45, 7) is 8.32. The highest BCUT2D eigenvalue weighted by Gasteiger charge is 2.40. The monoisotopic (exact) mass is 293 g/mol. The maximum absolute atomic E-state index is 14.3. The first kappa shape index (κ1) is 16.4. The first-order valence-corrected chi connectivity index (χ1v) is 7.99. The molecule has 1 aromatic rings. The highest BCUT2D eigenvalue weighted by molar-refractivity contribution is 5.28. The molecule has 2 unspecified atom stereocenters. The lowest BCUT2D eigenvalue weighted by molar-refractivity contribution is 0.0604. The third kappa shape index (κ3) is 3.28. The second-order valence-electron chi connectivity index (χ2n) is 6.14. The van der Waals surface area contributed by atoms with Crippen molar-refractivity contribution >= 4 is 0 Å². The van der Waals surface area contributed by atoms with Crippen LogP contribution in [0.1, 0.15) is 32.3 Å². The Bertz CT molecular complexity index is 457. The van der Waals surface area contributed by atoms with Crippen molar-refractivity contribution < 1.29 is 4.39 Å². The van der Waals surface area contributed by atoms with Crippen molar-refractivity contribution in [2.24, 2.45) is 5.73 Å². The van der Waals surface area contributed by atoms with Gasteiger partial charge in [-0.2, -0.15) is 0 Å². The molecule has 118 valence electrons. The number of nitrogens with zero attached hydrogens (tertiary/aromatic N) is 2. The number of nitrogens with two attached hydrogens (primary N) is 1. The van der Waals surface area contributed by atoms with E-state index in [1.807, 2.05) is 12.1 Å². The number of halogens is 1. The Labute approximate surface area is 127 Å². The van der Waals surface area contributed by atoms with Crippen LogP contribution >= 0.6 is 0 Å². The summed E-state index contributed by atoms with van der Waals surface area (Å²) in [5.74, 6) is -0.186. The molecule has 0 aromatic heterocycles. The average molecular weight is 293 g/mol. The van der Waals surface area contributed by atoms with Crippen molar-refractivity contribution in [1.82, 2.24) is 9.80 Å². The number of hydrogen-bond acceptors (Lipinski definition) is 3. The van der Waals surface area contributed by atoms with E-state index in [0.29, 0.717) is 5.56 Å². The molecule has 21 heavy (non-hydrogen) atoms. The van der Waals surface area contributed by atoms with Crippen LogP contribution in [0.3, 0.4) is 0 Å². The Morgan fingerprint density at radius 2 is 1.81 bits per heavy atom. The molecule has 2 N–H and O–H groups in total. The van der Waals surface area contributed by atoms with Crippen LogP contribution in [0.4, 0.5) is 4.39 Å². The van der Waals surface area contributed by atoms with E-state index in [1.54, 1.807) is 6.07 Å². The molecule has 0 saturated carbocycles. The zero-order chi connectivity index (χ0) is 15.5. The van der Waals surface area contributed by atoms with Crippen LogP contribution < -0.4 is 5.73 Å². The maximum Gasteiger partial charge on any atom is 0.128 e. The molecule has 1 saturated heterocycles. The van der Waals surface area contributed by atoms with E-state index in [4.69, 9.17) is 5.73 Å². The number of benzene rings is 1. The van der Waals surface area contributed by atoms with Crippen LogP contribution in [0.2, 0.25) is 0 Å². The van der Waals surface area contributed by atoms with Gasteiger partial charge in [0, 0.05) is 37.8 Å². The summed E-state index contributed by atoms with van der Waals surface area (Å²) in [6.07, 6.45) is 1.67. The van der Waals surface area contributed by atoms with Crippen molar-refractivity contribution in [3.8, 4) is 0 Å². The molecule has 0 radical (unpaired) electrons. The van der Waals surface area contributed by atoms with Crippen molar-refractivity contribution in [3.63, 3.8) is 0 Å². The van der Waals surface area contributed by atoms with Gasteiger partial charge in [0.2, 0.25) is 0 Å². The fourth-order valence-electron chi connectivity index (χ4n) is 3.53. The molecule has 1 aromatic carbocycles. The summed E-state index contributed by atoms with van der Waals surface area (Å²) in [4.78, 5) is 4.77. The van der Waals surface area contributed by atoms with Crippen LogP contribution in [0.25, 0.3) is 0 Å². The number of piperazine rings is 1. The van der Waals surface area contributed by atoms with Gasteiger partial charge in [-0.3, -0.25) is 4.90 Å². The standard InChI is InChI=1S/C17H28FN3/c1-4-16(21-12-10-20(3)11-13-21)17(19,5-2)14-8-6-7-9-15(14)18/h6-9,16H,4-5,10-13,19H2,1-3H3. The fraction of sp³-hybridized carbons (Fsp3) is 0.647. The summed E-state index contributed by atoms with van der Waals surface area (Å²) in [6, 6.07) is 7.15. The van der Waals surface area contributed by atoms with E-state index in [0.717, 1.165) is 39.0 Å². The minimum atomic E-state index is -0.629. The van der Waals surface area contributed by atoms with E-state index in [-0.39, 0.29) is 11.9 Å². The van der Waals surface area contributed by atoms with Gasteiger partial charge in [-0.1, -0.05) is 32.0 Å². The minimum Gasteiger partial charge on any atom is -0.320 e. The predicted octanol–water partition coefficient (Wildman–Crippen LogP) is 2.42. The summed E-state index contributed by atoms with van der Waals surface area (Å²) in [7, 11) is 2.14. The van der Waals surface area contributed by atoms with Gasteiger partial charge in [0.25, 0.3) is 0 Å². The molecule has 3 nitrogen and oxygen atoms in total. The highest BCUT2D eigenvalue weighted by atomic mass is 19.1. The molecule has 1 heterocycles. The van der Waals surface area contributed by atoms with E-state index in [9.17, 15) is 4.39 Å². The normalized spacial score (nSPS) is 22.0. The van der Waals surface area contributed by atoms with Crippen molar-refractivity contribution in [2.75, 3.05) is 33.2 Å². The van der Waals surface area contributed by atoms with Crippen LogP contribution in [0, 0.1) is 5.82 Å². The van der Waals surface area contributed by atoms with Gasteiger partial charge in [0.05, 0.1) is 5.54 Å². The molecule has 2 atom stereocenters. The van der Waals surface area contributed by atoms with E-state index >= 15 is 0 Å². The van der Waals surface area contributed by atoms with Crippen LogP contribution in [0.15, 0.2) is 24.3 Å². The first-order chi connectivity index (χ1) is 10.0. The Morgan fingerprint density at radius 1 is 1.19 bits per heavy atom. The topological polar surface area (TPSA) is 32.5 Å². The van der Waals surface area contributed by atoms with Crippen molar-refractivity contribution in [2.45, 2.75) is 38.3 Å². The molecule has 4 heteroatoms. The smallest absolute Gasteiger partial charge is 0.128 e. The molecule has 2 rings (SSSR count). The molecular weight excluding hydrogens is 265 g/mol. The van der Waals surface area contributed by atoms with Crippen LogP contribution in [-0.4, -0.2) is 49.1 Å². The Morgan fingerprint density at radius 3 is 2.33 bits per heavy atom. The lowest BCUT2D eigenvalue weighted by Gasteiger charge is -2.46. The first-order valence-electron chi connectivity index (χ1n) is 7.99. The minimum absolute atomic E-state index is 0.174. The lowest BCUT2D eigenvalue weighted by Crippen LogP contribution is -2.60. The predicted molar refractivity (Wildman–Crippen MR) is 85.7 cm³/mol. The number of hydrogen-bond donors (Lipinski definition) is 1. The average Bonchev–Trinajstić information content (AvgIpc) is 2.50. The SMILES string of the molecule is CCC(N1CCN(C)CC1)C(N)(CC)c1ccccc1F. The van der Waals surface area contributed by atoms with E-state index < -0.39 is 5.54 Å². The molecular formula is C17H28FN3.